The van der Waals surface area contributed by atoms with Crippen molar-refractivity contribution in [3.8, 4) is 6.01 Å². The summed E-state index contributed by atoms with van der Waals surface area (Å²) in [5, 5.41) is 24.5. The molecule has 1 aromatic heterocycles. The maximum absolute atomic E-state index is 9.29. The third-order valence-electron chi connectivity index (χ3n) is 2.53. The molecule has 4 N–H and O–H groups in total. The van der Waals surface area contributed by atoms with Crippen molar-refractivity contribution >= 4 is 11.9 Å². The van der Waals surface area contributed by atoms with Crippen LogP contribution in [0.3, 0.4) is 0 Å². The first kappa shape index (κ1) is 16.4. The first-order valence-electron chi connectivity index (χ1n) is 6.69. The second kappa shape index (κ2) is 7.81. The molecule has 1 rings (SSSR count). The second-order valence-electron chi connectivity index (χ2n) is 4.63. The molecular formula is C12H23N5O3. The number of hydrogen-bond donors (Lipinski definition) is 4. The Hall–Kier alpha value is -1.67. The molecule has 0 aromatic carbocycles. The molecule has 0 atom stereocenters. The fourth-order valence-electron chi connectivity index (χ4n) is 1.32. The monoisotopic (exact) mass is 285 g/mol. The minimum atomic E-state index is -0.910. The molecular weight excluding hydrogens is 262 g/mol. The van der Waals surface area contributed by atoms with Gasteiger partial charge in [-0.1, -0.05) is 6.92 Å². The van der Waals surface area contributed by atoms with Gasteiger partial charge < -0.3 is 25.6 Å². The summed E-state index contributed by atoms with van der Waals surface area (Å²) >= 11 is 0. The lowest BCUT2D eigenvalue weighted by molar-refractivity contribution is 0.147. The third-order valence-corrected chi connectivity index (χ3v) is 2.53. The van der Waals surface area contributed by atoms with Crippen molar-refractivity contribution in [2.45, 2.75) is 32.7 Å². The van der Waals surface area contributed by atoms with Gasteiger partial charge in [-0.15, -0.1) is 0 Å². The van der Waals surface area contributed by atoms with E-state index in [1.165, 1.54) is 0 Å². The Morgan fingerprint density at radius 2 is 1.75 bits per heavy atom. The summed E-state index contributed by atoms with van der Waals surface area (Å²) in [6, 6.07) is 0.196. The van der Waals surface area contributed by atoms with Crippen molar-refractivity contribution in [2.24, 2.45) is 0 Å². The third kappa shape index (κ3) is 4.78. The van der Waals surface area contributed by atoms with Gasteiger partial charge in [-0.05, 0) is 20.3 Å². The molecule has 114 valence electrons. The SMILES string of the molecule is CCCNc1nc(NC(C)(CO)CO)nc(OCC)n1. The first-order chi connectivity index (χ1) is 9.56. The molecule has 0 aliphatic rings. The number of anilines is 2. The van der Waals surface area contributed by atoms with Crippen LogP contribution in [0.5, 0.6) is 6.01 Å². The van der Waals surface area contributed by atoms with Gasteiger partial charge in [0.25, 0.3) is 0 Å². The lowest BCUT2D eigenvalue weighted by Gasteiger charge is -2.26. The first-order valence-corrected chi connectivity index (χ1v) is 6.69. The molecule has 0 fully saturated rings. The Bertz CT molecular complexity index is 412. The molecule has 0 bridgehead atoms. The average molecular weight is 285 g/mol. The molecule has 8 nitrogen and oxygen atoms in total. The smallest absolute Gasteiger partial charge is 0.323 e. The minimum absolute atomic E-state index is 0.196. The lowest BCUT2D eigenvalue weighted by Crippen LogP contribution is -2.43. The Morgan fingerprint density at radius 3 is 2.30 bits per heavy atom. The summed E-state index contributed by atoms with van der Waals surface area (Å²) in [6.45, 7) is 6.19. The van der Waals surface area contributed by atoms with Crippen molar-refractivity contribution in [2.75, 3.05) is 37.0 Å². The Balaban J connectivity index is 2.95. The number of ether oxygens (including phenoxy) is 1. The highest BCUT2D eigenvalue weighted by atomic mass is 16.5. The normalized spacial score (nSPS) is 11.2. The number of nitrogens with zero attached hydrogens (tertiary/aromatic N) is 3. The van der Waals surface area contributed by atoms with E-state index < -0.39 is 5.54 Å². The van der Waals surface area contributed by atoms with Gasteiger partial charge in [0.05, 0.1) is 25.4 Å². The van der Waals surface area contributed by atoms with Gasteiger partial charge in [-0.3, -0.25) is 0 Å². The van der Waals surface area contributed by atoms with Crippen LogP contribution in [0.25, 0.3) is 0 Å². The van der Waals surface area contributed by atoms with Crippen molar-refractivity contribution in [1.82, 2.24) is 15.0 Å². The number of hydrogen-bond acceptors (Lipinski definition) is 8. The van der Waals surface area contributed by atoms with Crippen LogP contribution in [0.4, 0.5) is 11.9 Å². The highest BCUT2D eigenvalue weighted by Crippen LogP contribution is 2.15. The molecule has 0 saturated heterocycles. The summed E-state index contributed by atoms with van der Waals surface area (Å²) in [5.74, 6) is 0.638. The Kier molecular flexibility index (Phi) is 6.40. The van der Waals surface area contributed by atoms with E-state index in [2.05, 4.69) is 25.6 Å². The zero-order chi connectivity index (χ0) is 15.0. The zero-order valence-electron chi connectivity index (χ0n) is 12.2. The van der Waals surface area contributed by atoms with Gasteiger partial charge in [0.1, 0.15) is 0 Å². The van der Waals surface area contributed by atoms with Crippen LogP contribution in [0.2, 0.25) is 0 Å². The minimum Gasteiger partial charge on any atom is -0.464 e. The Labute approximate surface area is 118 Å². The lowest BCUT2D eigenvalue weighted by atomic mass is 10.1. The van der Waals surface area contributed by atoms with Gasteiger partial charge in [0.2, 0.25) is 11.9 Å². The van der Waals surface area contributed by atoms with Crippen molar-refractivity contribution < 1.29 is 14.9 Å². The molecule has 1 aromatic rings. The maximum Gasteiger partial charge on any atom is 0.323 e. The van der Waals surface area contributed by atoms with Crippen LogP contribution >= 0.6 is 0 Å². The van der Waals surface area contributed by atoms with Crippen LogP contribution in [-0.4, -0.2) is 57.1 Å². The van der Waals surface area contributed by atoms with E-state index in [-0.39, 0.29) is 25.2 Å². The molecule has 0 unspecified atom stereocenters. The van der Waals surface area contributed by atoms with Gasteiger partial charge in [-0.25, -0.2) is 0 Å². The summed E-state index contributed by atoms with van der Waals surface area (Å²) in [7, 11) is 0. The standard InChI is InChI=1S/C12H23N5O3/c1-4-6-13-9-14-10(16-11(15-9)20-5-2)17-12(3,7-18)8-19/h18-19H,4-8H2,1-3H3,(H2,13,14,15,16,17). The van der Waals surface area contributed by atoms with Crippen molar-refractivity contribution in [3.05, 3.63) is 0 Å². The molecule has 0 radical (unpaired) electrons. The van der Waals surface area contributed by atoms with E-state index in [0.717, 1.165) is 13.0 Å². The summed E-state index contributed by atoms with van der Waals surface area (Å²) in [4.78, 5) is 12.4. The number of aliphatic hydroxyl groups is 2. The molecule has 0 saturated carbocycles. The molecule has 0 amide bonds. The highest BCUT2D eigenvalue weighted by Gasteiger charge is 2.24. The van der Waals surface area contributed by atoms with Crippen LogP contribution in [0, 0.1) is 0 Å². The predicted molar refractivity (Wildman–Crippen MR) is 76.0 cm³/mol. The van der Waals surface area contributed by atoms with Crippen molar-refractivity contribution in [1.29, 1.82) is 0 Å². The summed E-state index contributed by atoms with van der Waals surface area (Å²) < 4.78 is 5.28. The van der Waals surface area contributed by atoms with Crippen LogP contribution in [-0.2, 0) is 0 Å². The fraction of sp³-hybridized carbons (Fsp3) is 0.750. The zero-order valence-corrected chi connectivity index (χ0v) is 12.2. The van der Waals surface area contributed by atoms with Crippen molar-refractivity contribution in [3.63, 3.8) is 0 Å². The molecule has 8 heteroatoms. The van der Waals surface area contributed by atoms with Gasteiger partial charge >= 0.3 is 6.01 Å². The van der Waals surface area contributed by atoms with E-state index in [0.29, 0.717) is 12.6 Å². The second-order valence-corrected chi connectivity index (χ2v) is 4.63. The van der Waals surface area contributed by atoms with Crippen LogP contribution in [0.1, 0.15) is 27.2 Å². The fourth-order valence-corrected chi connectivity index (χ4v) is 1.32. The predicted octanol–water partition coefficient (Wildman–Crippen LogP) is 0.247. The van der Waals surface area contributed by atoms with Crippen LogP contribution in [0.15, 0.2) is 0 Å². The van der Waals surface area contributed by atoms with Gasteiger partial charge in [0, 0.05) is 6.54 Å². The van der Waals surface area contributed by atoms with E-state index in [1.54, 1.807) is 6.92 Å². The number of aromatic nitrogens is 3. The van der Waals surface area contributed by atoms with E-state index in [4.69, 9.17) is 4.74 Å². The quantitative estimate of drug-likeness (QED) is 0.510. The molecule has 1 heterocycles. The van der Waals surface area contributed by atoms with E-state index >= 15 is 0 Å². The molecule has 20 heavy (non-hydrogen) atoms. The molecule has 0 aliphatic heterocycles. The van der Waals surface area contributed by atoms with Gasteiger partial charge in [-0.2, -0.15) is 15.0 Å². The summed E-state index contributed by atoms with van der Waals surface area (Å²) in [5.41, 5.74) is -0.910. The maximum atomic E-state index is 9.29. The number of aliphatic hydroxyl groups excluding tert-OH is 2. The summed E-state index contributed by atoms with van der Waals surface area (Å²) in [6.07, 6.45) is 0.934. The van der Waals surface area contributed by atoms with E-state index in [1.807, 2.05) is 13.8 Å². The average Bonchev–Trinajstić information content (AvgIpc) is 2.45. The number of rotatable bonds is 9. The molecule has 0 spiro atoms. The highest BCUT2D eigenvalue weighted by molar-refractivity contribution is 5.38. The van der Waals surface area contributed by atoms with Crippen LogP contribution < -0.4 is 15.4 Å². The Morgan fingerprint density at radius 1 is 1.10 bits per heavy atom. The topological polar surface area (TPSA) is 112 Å². The largest absolute Gasteiger partial charge is 0.464 e. The van der Waals surface area contributed by atoms with Gasteiger partial charge in [0.15, 0.2) is 0 Å². The number of nitrogens with one attached hydrogen (secondary N) is 2. The molecule has 0 aliphatic carbocycles. The van der Waals surface area contributed by atoms with E-state index in [9.17, 15) is 10.2 Å².